The maximum atomic E-state index is 12.8. The van der Waals surface area contributed by atoms with E-state index in [4.69, 9.17) is 9.47 Å². The maximum Gasteiger partial charge on any atom is 0.254 e. The van der Waals surface area contributed by atoms with Gasteiger partial charge in [0.25, 0.3) is 5.91 Å². The molecule has 2 amide bonds. The van der Waals surface area contributed by atoms with Gasteiger partial charge in [-0.15, -0.1) is 0 Å². The predicted octanol–water partition coefficient (Wildman–Crippen LogP) is 1.84. The molecule has 3 aliphatic heterocycles. The molecule has 0 bridgehead atoms. The van der Waals surface area contributed by atoms with Gasteiger partial charge in [0.15, 0.2) is 11.5 Å². The highest BCUT2D eigenvalue weighted by molar-refractivity contribution is 5.96. The summed E-state index contributed by atoms with van der Waals surface area (Å²) in [4.78, 5) is 31.4. The van der Waals surface area contributed by atoms with Crippen LogP contribution in [0.5, 0.6) is 11.5 Å². The van der Waals surface area contributed by atoms with Crippen LogP contribution < -0.4 is 14.4 Å². The summed E-state index contributed by atoms with van der Waals surface area (Å²) in [6, 6.07) is 15.5. The van der Waals surface area contributed by atoms with Gasteiger partial charge in [-0.05, 0) is 30.3 Å². The lowest BCUT2D eigenvalue weighted by molar-refractivity contribution is -0.140. The molecule has 0 aliphatic carbocycles. The molecule has 7 nitrogen and oxygen atoms in total. The third-order valence-corrected chi connectivity index (χ3v) is 5.85. The van der Waals surface area contributed by atoms with Gasteiger partial charge in [0.05, 0.1) is 5.92 Å². The fraction of sp³-hybridized carbons (Fsp3) is 0.364. The van der Waals surface area contributed by atoms with E-state index in [1.54, 1.807) is 23.1 Å². The van der Waals surface area contributed by atoms with E-state index in [9.17, 15) is 9.59 Å². The third-order valence-electron chi connectivity index (χ3n) is 5.85. The number of piperazine rings is 1. The van der Waals surface area contributed by atoms with Gasteiger partial charge in [0.1, 0.15) is 0 Å². The molecule has 2 saturated heterocycles. The van der Waals surface area contributed by atoms with Crippen molar-refractivity contribution in [2.45, 2.75) is 0 Å². The molecular weight excluding hydrogens is 370 g/mol. The Kier molecular flexibility index (Phi) is 4.50. The molecular formula is C22H23N3O4. The first kappa shape index (κ1) is 17.8. The van der Waals surface area contributed by atoms with E-state index in [2.05, 4.69) is 17.0 Å². The van der Waals surface area contributed by atoms with E-state index < -0.39 is 0 Å². The van der Waals surface area contributed by atoms with Crippen molar-refractivity contribution in [3.05, 3.63) is 54.1 Å². The van der Waals surface area contributed by atoms with Gasteiger partial charge >= 0.3 is 0 Å². The second-order valence-corrected chi connectivity index (χ2v) is 7.62. The van der Waals surface area contributed by atoms with E-state index in [0.29, 0.717) is 30.2 Å². The molecule has 0 N–H and O–H groups in total. The van der Waals surface area contributed by atoms with Crippen molar-refractivity contribution < 1.29 is 19.1 Å². The molecule has 0 unspecified atom stereocenters. The molecule has 0 spiro atoms. The second-order valence-electron chi connectivity index (χ2n) is 7.62. The Morgan fingerprint density at radius 2 is 1.55 bits per heavy atom. The van der Waals surface area contributed by atoms with Crippen LogP contribution >= 0.6 is 0 Å². The molecule has 5 rings (SSSR count). The van der Waals surface area contributed by atoms with Crippen molar-refractivity contribution in [1.29, 1.82) is 0 Å². The van der Waals surface area contributed by atoms with Crippen LogP contribution in [-0.4, -0.2) is 67.7 Å². The smallest absolute Gasteiger partial charge is 0.254 e. The molecule has 2 aromatic carbocycles. The Morgan fingerprint density at radius 3 is 2.31 bits per heavy atom. The second kappa shape index (κ2) is 7.31. The summed E-state index contributed by atoms with van der Waals surface area (Å²) >= 11 is 0. The predicted molar refractivity (Wildman–Crippen MR) is 107 cm³/mol. The molecule has 0 aromatic heterocycles. The standard InChI is InChI=1S/C22H23N3O4/c26-21(16-6-7-19-20(12-16)29-15-28-19)25-13-17(14-25)22(27)24-10-8-23(9-11-24)18-4-2-1-3-5-18/h1-7,12,17H,8-11,13-15H2. The van der Waals surface area contributed by atoms with Gasteiger partial charge in [0.2, 0.25) is 12.7 Å². The maximum absolute atomic E-state index is 12.8. The average molecular weight is 393 g/mol. The van der Waals surface area contributed by atoms with E-state index in [1.807, 2.05) is 23.1 Å². The SMILES string of the molecule is O=C(c1ccc2c(c1)OCO2)N1CC(C(=O)N2CCN(c3ccccc3)CC2)C1. The summed E-state index contributed by atoms with van der Waals surface area (Å²) in [5, 5.41) is 0. The fourth-order valence-electron chi connectivity index (χ4n) is 4.09. The third kappa shape index (κ3) is 3.37. The quantitative estimate of drug-likeness (QED) is 0.796. The molecule has 150 valence electrons. The van der Waals surface area contributed by atoms with Crippen molar-refractivity contribution in [3.63, 3.8) is 0 Å². The number of carbonyl (C=O) groups is 2. The first-order chi connectivity index (χ1) is 14.2. The number of rotatable bonds is 3. The van der Waals surface area contributed by atoms with Crippen LogP contribution in [0.25, 0.3) is 0 Å². The van der Waals surface area contributed by atoms with E-state index in [-0.39, 0.29) is 24.5 Å². The van der Waals surface area contributed by atoms with Crippen LogP contribution in [0.3, 0.4) is 0 Å². The number of benzene rings is 2. The van der Waals surface area contributed by atoms with Crippen LogP contribution in [0.2, 0.25) is 0 Å². The number of para-hydroxylation sites is 1. The number of hydrogen-bond acceptors (Lipinski definition) is 5. The van der Waals surface area contributed by atoms with Crippen LogP contribution in [0.1, 0.15) is 10.4 Å². The highest BCUT2D eigenvalue weighted by Crippen LogP contribution is 2.33. The summed E-state index contributed by atoms with van der Waals surface area (Å²) < 4.78 is 10.6. The molecule has 2 aromatic rings. The lowest BCUT2D eigenvalue weighted by Crippen LogP contribution is -2.59. The first-order valence-electron chi connectivity index (χ1n) is 9.97. The van der Waals surface area contributed by atoms with E-state index in [1.165, 1.54) is 5.69 Å². The molecule has 29 heavy (non-hydrogen) atoms. The highest BCUT2D eigenvalue weighted by Gasteiger charge is 2.39. The topological polar surface area (TPSA) is 62.3 Å². The molecule has 2 fully saturated rings. The fourth-order valence-corrected chi connectivity index (χ4v) is 4.09. The first-order valence-corrected chi connectivity index (χ1v) is 9.97. The summed E-state index contributed by atoms with van der Waals surface area (Å²) in [7, 11) is 0. The molecule has 3 aliphatic rings. The summed E-state index contributed by atoms with van der Waals surface area (Å²) in [5.74, 6) is 1.25. The Morgan fingerprint density at radius 1 is 0.828 bits per heavy atom. The van der Waals surface area contributed by atoms with Crippen molar-refractivity contribution in [2.75, 3.05) is 51.0 Å². The van der Waals surface area contributed by atoms with Crippen LogP contribution in [0, 0.1) is 5.92 Å². The number of likely N-dealkylation sites (tertiary alicyclic amines) is 1. The van der Waals surface area contributed by atoms with Gasteiger partial charge in [-0.3, -0.25) is 9.59 Å². The number of hydrogen-bond donors (Lipinski definition) is 0. The van der Waals surface area contributed by atoms with Gasteiger partial charge < -0.3 is 24.2 Å². The average Bonchev–Trinajstić information content (AvgIpc) is 3.21. The van der Waals surface area contributed by atoms with Crippen LogP contribution in [0.15, 0.2) is 48.5 Å². The molecule has 0 atom stereocenters. The van der Waals surface area contributed by atoms with Gasteiger partial charge in [-0.2, -0.15) is 0 Å². The normalized spacial score (nSPS) is 18.6. The van der Waals surface area contributed by atoms with E-state index in [0.717, 1.165) is 26.2 Å². The number of nitrogens with zero attached hydrogens (tertiary/aromatic N) is 3. The Hall–Kier alpha value is -3.22. The minimum atomic E-state index is -0.101. The zero-order valence-corrected chi connectivity index (χ0v) is 16.1. The summed E-state index contributed by atoms with van der Waals surface area (Å²) in [5.41, 5.74) is 1.76. The highest BCUT2D eigenvalue weighted by atomic mass is 16.7. The lowest BCUT2D eigenvalue weighted by Gasteiger charge is -2.43. The Balaban J connectivity index is 1.13. The Bertz CT molecular complexity index is 919. The van der Waals surface area contributed by atoms with Crippen molar-refractivity contribution in [3.8, 4) is 11.5 Å². The minimum Gasteiger partial charge on any atom is -0.454 e. The zero-order chi connectivity index (χ0) is 19.8. The largest absolute Gasteiger partial charge is 0.454 e. The number of anilines is 1. The van der Waals surface area contributed by atoms with Crippen LogP contribution in [-0.2, 0) is 4.79 Å². The molecule has 0 radical (unpaired) electrons. The van der Waals surface area contributed by atoms with Gasteiger partial charge in [-0.1, -0.05) is 18.2 Å². The van der Waals surface area contributed by atoms with Crippen molar-refractivity contribution >= 4 is 17.5 Å². The molecule has 3 heterocycles. The van der Waals surface area contributed by atoms with E-state index >= 15 is 0 Å². The van der Waals surface area contributed by atoms with Gasteiger partial charge in [-0.25, -0.2) is 0 Å². The molecule has 0 saturated carbocycles. The minimum absolute atomic E-state index is 0.0683. The number of ether oxygens (including phenoxy) is 2. The monoisotopic (exact) mass is 393 g/mol. The zero-order valence-electron chi connectivity index (χ0n) is 16.1. The number of amides is 2. The summed E-state index contributed by atoms with van der Waals surface area (Å²) in [6.45, 7) is 4.26. The lowest BCUT2D eigenvalue weighted by atomic mass is 9.96. The number of fused-ring (bicyclic) bond motifs is 1. The molecule has 7 heteroatoms. The van der Waals surface area contributed by atoms with Crippen LogP contribution in [0.4, 0.5) is 5.69 Å². The Labute approximate surface area is 169 Å². The van der Waals surface area contributed by atoms with Crippen molar-refractivity contribution in [1.82, 2.24) is 9.80 Å². The summed E-state index contributed by atoms with van der Waals surface area (Å²) in [6.07, 6.45) is 0. The number of carbonyl (C=O) groups excluding carboxylic acids is 2. The van der Waals surface area contributed by atoms with Crippen molar-refractivity contribution in [2.24, 2.45) is 5.92 Å². The van der Waals surface area contributed by atoms with Gasteiger partial charge in [0, 0.05) is 50.5 Å².